The summed E-state index contributed by atoms with van der Waals surface area (Å²) < 4.78 is 35.4. The Bertz CT molecular complexity index is 1540. The predicted molar refractivity (Wildman–Crippen MR) is 125 cm³/mol. The summed E-state index contributed by atoms with van der Waals surface area (Å²) in [5, 5.41) is 0.943. The van der Waals surface area contributed by atoms with Crippen LogP contribution in [-0.2, 0) is 13.0 Å². The molecule has 0 saturated carbocycles. The highest BCUT2D eigenvalue weighted by Crippen LogP contribution is 2.26. The minimum Gasteiger partial charge on any atom is -0.485 e. The number of ether oxygens (including phenoxy) is 1. The van der Waals surface area contributed by atoms with Crippen LogP contribution in [-0.4, -0.2) is 20.2 Å². The van der Waals surface area contributed by atoms with E-state index in [2.05, 4.69) is 9.97 Å². The van der Waals surface area contributed by atoms with E-state index in [-0.39, 0.29) is 24.4 Å². The fraction of sp³-hybridized carbons (Fsp3) is 0.148. The van der Waals surface area contributed by atoms with Crippen molar-refractivity contribution in [3.8, 4) is 5.75 Å². The van der Waals surface area contributed by atoms with Crippen LogP contribution in [0.2, 0.25) is 0 Å². The van der Waals surface area contributed by atoms with Gasteiger partial charge < -0.3 is 4.74 Å². The van der Waals surface area contributed by atoms with Crippen molar-refractivity contribution in [2.45, 2.75) is 26.9 Å². The van der Waals surface area contributed by atoms with E-state index in [0.29, 0.717) is 22.8 Å². The van der Waals surface area contributed by atoms with Crippen LogP contribution in [0, 0.1) is 25.5 Å². The molecule has 3 aromatic heterocycles. The molecule has 0 N–H and O–H groups in total. The largest absolute Gasteiger partial charge is 0.485 e. The van der Waals surface area contributed by atoms with Crippen LogP contribution in [0.5, 0.6) is 5.75 Å². The quantitative estimate of drug-likeness (QED) is 0.303. The second kappa shape index (κ2) is 8.67. The normalized spacial score (nSPS) is 11.3. The minimum absolute atomic E-state index is 0.101. The maximum atomic E-state index is 14.0. The molecule has 0 bridgehead atoms. The highest BCUT2D eigenvalue weighted by atomic mass is 19.1. The van der Waals surface area contributed by atoms with E-state index in [0.717, 1.165) is 22.0 Å². The monoisotopic (exact) mass is 457 g/mol. The Labute approximate surface area is 194 Å². The van der Waals surface area contributed by atoms with E-state index in [1.807, 2.05) is 31.2 Å². The molecule has 2 aromatic carbocycles. The molecule has 3 heterocycles. The Kier molecular flexibility index (Phi) is 5.53. The van der Waals surface area contributed by atoms with Crippen molar-refractivity contribution < 1.29 is 18.3 Å². The summed E-state index contributed by atoms with van der Waals surface area (Å²) in [5.74, 6) is -1.13. The molecular weight excluding hydrogens is 436 g/mol. The molecule has 34 heavy (non-hydrogen) atoms. The van der Waals surface area contributed by atoms with Crippen molar-refractivity contribution in [1.29, 1.82) is 0 Å². The van der Waals surface area contributed by atoms with Gasteiger partial charge in [-0.2, -0.15) is 0 Å². The summed E-state index contributed by atoms with van der Waals surface area (Å²) in [6, 6.07) is 14.8. The van der Waals surface area contributed by atoms with Crippen LogP contribution in [0.1, 0.15) is 32.9 Å². The van der Waals surface area contributed by atoms with Gasteiger partial charge in [0, 0.05) is 24.2 Å². The molecule has 0 aliphatic carbocycles. The molecule has 5 rings (SSSR count). The fourth-order valence-electron chi connectivity index (χ4n) is 4.21. The van der Waals surface area contributed by atoms with Gasteiger partial charge >= 0.3 is 0 Å². The first-order valence-electron chi connectivity index (χ1n) is 10.8. The standard InChI is InChI=1S/C27H21F2N3O2/c1-16-10-11-18(19-6-4-12-30-25(16)19)14-23(33)26-17(2)31-27-24(9-5-13-32(26)27)34-15-20-21(28)7-3-8-22(20)29/h3-13H,14-15H2,1-2H3. The third-order valence-corrected chi connectivity index (χ3v) is 5.90. The number of ketones is 1. The first-order chi connectivity index (χ1) is 16.4. The number of carbonyl (C=O) groups is 1. The van der Waals surface area contributed by atoms with E-state index in [9.17, 15) is 13.6 Å². The predicted octanol–water partition coefficient (Wildman–Crippen LogP) is 5.78. The van der Waals surface area contributed by atoms with Crippen LogP contribution in [0.15, 0.2) is 67.0 Å². The Hall–Kier alpha value is -4.13. The van der Waals surface area contributed by atoms with Crippen LogP contribution < -0.4 is 4.74 Å². The summed E-state index contributed by atoms with van der Waals surface area (Å²) >= 11 is 0. The summed E-state index contributed by atoms with van der Waals surface area (Å²) in [6.45, 7) is 3.45. The van der Waals surface area contributed by atoms with Gasteiger partial charge in [-0.3, -0.25) is 14.2 Å². The SMILES string of the molecule is Cc1nc2c(OCc3c(F)cccc3F)cccn2c1C(=O)Cc1ccc(C)c2ncccc12. The van der Waals surface area contributed by atoms with Crippen molar-refractivity contribution in [3.05, 3.63) is 107 Å². The van der Waals surface area contributed by atoms with Crippen LogP contribution in [0.3, 0.4) is 0 Å². The zero-order chi connectivity index (χ0) is 23.8. The number of Topliss-reactive ketones (excluding diaryl/α,β-unsaturated/α-hetero) is 1. The third kappa shape index (κ3) is 3.79. The van der Waals surface area contributed by atoms with Crippen LogP contribution in [0.25, 0.3) is 16.6 Å². The Morgan fingerprint density at radius 3 is 2.59 bits per heavy atom. The summed E-state index contributed by atoms with van der Waals surface area (Å²) in [7, 11) is 0. The third-order valence-electron chi connectivity index (χ3n) is 5.90. The molecule has 0 unspecified atom stereocenters. The number of carbonyl (C=O) groups excluding carboxylic acids is 1. The van der Waals surface area contributed by atoms with Gasteiger partial charge in [-0.1, -0.05) is 24.3 Å². The molecule has 0 aliphatic rings. The van der Waals surface area contributed by atoms with Crippen molar-refractivity contribution in [3.63, 3.8) is 0 Å². The molecule has 0 atom stereocenters. The van der Waals surface area contributed by atoms with Gasteiger partial charge in [-0.15, -0.1) is 0 Å². The lowest BCUT2D eigenvalue weighted by molar-refractivity contribution is 0.0987. The first-order valence-corrected chi connectivity index (χ1v) is 10.8. The highest BCUT2D eigenvalue weighted by molar-refractivity contribution is 6.00. The molecule has 5 aromatic rings. The van der Waals surface area contributed by atoms with Gasteiger partial charge in [0.05, 0.1) is 16.8 Å². The van der Waals surface area contributed by atoms with Gasteiger partial charge in [-0.05, 0) is 55.3 Å². The second-order valence-corrected chi connectivity index (χ2v) is 8.14. The fourth-order valence-corrected chi connectivity index (χ4v) is 4.21. The number of rotatable bonds is 6. The Balaban J connectivity index is 1.48. The molecular formula is C27H21F2N3O2. The van der Waals surface area contributed by atoms with Gasteiger partial charge in [0.15, 0.2) is 17.2 Å². The Morgan fingerprint density at radius 2 is 1.79 bits per heavy atom. The number of imidazole rings is 1. The van der Waals surface area contributed by atoms with Gasteiger partial charge in [0.25, 0.3) is 0 Å². The molecule has 7 heteroatoms. The minimum atomic E-state index is -0.679. The smallest absolute Gasteiger partial charge is 0.185 e. The van der Waals surface area contributed by atoms with Crippen molar-refractivity contribution in [1.82, 2.24) is 14.4 Å². The number of aromatic nitrogens is 3. The number of aryl methyl sites for hydroxylation is 2. The van der Waals surface area contributed by atoms with Crippen molar-refractivity contribution in [2.24, 2.45) is 0 Å². The van der Waals surface area contributed by atoms with E-state index in [4.69, 9.17) is 4.74 Å². The van der Waals surface area contributed by atoms with Gasteiger partial charge in [0.1, 0.15) is 23.9 Å². The number of nitrogens with zero attached hydrogens (tertiary/aromatic N) is 3. The van der Waals surface area contributed by atoms with E-state index >= 15 is 0 Å². The molecule has 170 valence electrons. The van der Waals surface area contributed by atoms with Crippen LogP contribution >= 0.6 is 0 Å². The summed E-state index contributed by atoms with van der Waals surface area (Å²) in [4.78, 5) is 22.4. The number of benzene rings is 2. The molecule has 0 spiro atoms. The summed E-state index contributed by atoms with van der Waals surface area (Å²) in [6.07, 6.45) is 3.65. The molecule has 0 radical (unpaired) electrons. The van der Waals surface area contributed by atoms with E-state index in [1.54, 1.807) is 35.9 Å². The number of pyridine rings is 2. The lowest BCUT2D eigenvalue weighted by Crippen LogP contribution is -2.09. The van der Waals surface area contributed by atoms with Crippen molar-refractivity contribution in [2.75, 3.05) is 0 Å². The molecule has 0 amide bonds. The van der Waals surface area contributed by atoms with Gasteiger partial charge in [0.2, 0.25) is 0 Å². The average Bonchev–Trinajstić information content (AvgIpc) is 3.17. The second-order valence-electron chi connectivity index (χ2n) is 8.14. The molecule has 0 saturated heterocycles. The molecule has 5 nitrogen and oxygen atoms in total. The van der Waals surface area contributed by atoms with Crippen molar-refractivity contribution >= 4 is 22.3 Å². The Morgan fingerprint density at radius 1 is 1.00 bits per heavy atom. The molecule has 0 fully saturated rings. The van der Waals surface area contributed by atoms with E-state index in [1.165, 1.54) is 18.2 Å². The number of hydrogen-bond donors (Lipinski definition) is 0. The first kappa shape index (κ1) is 21.7. The zero-order valence-corrected chi connectivity index (χ0v) is 18.7. The number of fused-ring (bicyclic) bond motifs is 2. The van der Waals surface area contributed by atoms with E-state index < -0.39 is 11.6 Å². The maximum Gasteiger partial charge on any atom is 0.185 e. The lowest BCUT2D eigenvalue weighted by atomic mass is 9.99. The highest BCUT2D eigenvalue weighted by Gasteiger charge is 2.20. The lowest BCUT2D eigenvalue weighted by Gasteiger charge is -2.10. The topological polar surface area (TPSA) is 56.5 Å². The van der Waals surface area contributed by atoms with Gasteiger partial charge in [-0.25, -0.2) is 13.8 Å². The average molecular weight is 457 g/mol. The zero-order valence-electron chi connectivity index (χ0n) is 18.7. The summed E-state index contributed by atoms with van der Waals surface area (Å²) in [5.41, 5.74) is 4.04. The molecule has 0 aliphatic heterocycles. The number of halogens is 2. The number of hydrogen-bond acceptors (Lipinski definition) is 4. The van der Waals surface area contributed by atoms with Crippen LogP contribution in [0.4, 0.5) is 8.78 Å². The maximum absolute atomic E-state index is 14.0.